The Balaban J connectivity index is 3.10. The number of amides is 1. The summed E-state index contributed by atoms with van der Waals surface area (Å²) in [5, 5.41) is 8.69. The van der Waals surface area contributed by atoms with Gasteiger partial charge in [0.05, 0.1) is 19.4 Å². The van der Waals surface area contributed by atoms with Gasteiger partial charge in [0.15, 0.2) is 0 Å². The summed E-state index contributed by atoms with van der Waals surface area (Å²) < 4.78 is 16.6. The molecular formula is C25H41N3O5. The van der Waals surface area contributed by atoms with Crippen LogP contribution >= 0.6 is 0 Å². The number of esters is 1. The lowest BCUT2D eigenvalue weighted by Gasteiger charge is -2.23. The molecule has 1 N–H and O–H groups in total. The Hall–Kier alpha value is -2.77. The Kier molecular flexibility index (Phi) is 12.3. The number of carbonyl (C=O) groups is 2. The summed E-state index contributed by atoms with van der Waals surface area (Å²) >= 11 is 0. The molecule has 1 amide bonds. The smallest absolute Gasteiger partial charge is 0.408 e. The first-order valence-corrected chi connectivity index (χ1v) is 11.7. The normalized spacial score (nSPS) is 12.3. The molecule has 0 radical (unpaired) electrons. The van der Waals surface area contributed by atoms with Gasteiger partial charge in [-0.2, -0.15) is 5.10 Å². The van der Waals surface area contributed by atoms with Gasteiger partial charge in [-0.3, -0.25) is 0 Å². The SMILES string of the molecule is CCCCOC(=O)C(Cc1ccc(OCCCC)c(/C=N/N(C)C)c1)NC(=O)OC(C)(C)C. The van der Waals surface area contributed by atoms with Crippen LogP contribution in [0.25, 0.3) is 0 Å². The Labute approximate surface area is 198 Å². The van der Waals surface area contributed by atoms with Gasteiger partial charge in [-0.05, 0) is 51.3 Å². The molecule has 1 aromatic rings. The Morgan fingerprint density at radius 3 is 2.39 bits per heavy atom. The molecule has 1 atom stereocenters. The zero-order valence-corrected chi connectivity index (χ0v) is 21.3. The van der Waals surface area contributed by atoms with Crippen molar-refractivity contribution < 1.29 is 23.8 Å². The van der Waals surface area contributed by atoms with Gasteiger partial charge in [0.25, 0.3) is 0 Å². The minimum Gasteiger partial charge on any atom is -0.493 e. The molecule has 0 spiro atoms. The lowest BCUT2D eigenvalue weighted by Crippen LogP contribution is -2.45. The highest BCUT2D eigenvalue weighted by Crippen LogP contribution is 2.21. The van der Waals surface area contributed by atoms with Crippen LogP contribution in [0, 0.1) is 0 Å². The molecule has 0 aliphatic rings. The number of nitrogens with one attached hydrogen (secondary N) is 1. The van der Waals surface area contributed by atoms with Crippen molar-refractivity contribution in [2.75, 3.05) is 27.3 Å². The monoisotopic (exact) mass is 463 g/mol. The average molecular weight is 464 g/mol. The zero-order valence-electron chi connectivity index (χ0n) is 21.3. The van der Waals surface area contributed by atoms with E-state index in [9.17, 15) is 9.59 Å². The molecule has 0 bridgehead atoms. The van der Waals surface area contributed by atoms with Gasteiger partial charge in [-0.1, -0.05) is 32.8 Å². The Morgan fingerprint density at radius 2 is 1.79 bits per heavy atom. The highest BCUT2D eigenvalue weighted by molar-refractivity contribution is 5.84. The summed E-state index contributed by atoms with van der Waals surface area (Å²) in [6.45, 7) is 10.4. The quantitative estimate of drug-likeness (QED) is 0.200. The molecule has 0 aromatic heterocycles. The van der Waals surface area contributed by atoms with Crippen LogP contribution in [0.15, 0.2) is 23.3 Å². The van der Waals surface area contributed by atoms with Crippen molar-refractivity contribution >= 4 is 18.3 Å². The maximum absolute atomic E-state index is 12.7. The maximum Gasteiger partial charge on any atom is 0.408 e. The molecule has 1 aromatic carbocycles. The molecule has 1 unspecified atom stereocenters. The average Bonchev–Trinajstić information content (AvgIpc) is 2.71. The van der Waals surface area contributed by atoms with E-state index in [2.05, 4.69) is 17.3 Å². The van der Waals surface area contributed by atoms with E-state index in [1.54, 1.807) is 32.0 Å². The molecule has 8 heteroatoms. The van der Waals surface area contributed by atoms with Crippen molar-refractivity contribution in [1.29, 1.82) is 0 Å². The van der Waals surface area contributed by atoms with Crippen LogP contribution in [0.3, 0.4) is 0 Å². The summed E-state index contributed by atoms with van der Waals surface area (Å²) in [7, 11) is 3.68. The van der Waals surface area contributed by atoms with E-state index in [1.807, 2.05) is 39.2 Å². The van der Waals surface area contributed by atoms with Crippen molar-refractivity contribution in [2.45, 2.75) is 78.4 Å². The number of hydrogen-bond donors (Lipinski definition) is 1. The van der Waals surface area contributed by atoms with E-state index in [0.717, 1.165) is 42.6 Å². The van der Waals surface area contributed by atoms with Crippen LogP contribution in [0.2, 0.25) is 0 Å². The second-order valence-electron chi connectivity index (χ2n) is 9.09. The highest BCUT2D eigenvalue weighted by Gasteiger charge is 2.26. The van der Waals surface area contributed by atoms with E-state index in [0.29, 0.717) is 13.2 Å². The lowest BCUT2D eigenvalue weighted by atomic mass is 10.0. The maximum atomic E-state index is 12.7. The molecule has 1 rings (SSSR count). The molecule has 186 valence electrons. The van der Waals surface area contributed by atoms with Crippen LogP contribution in [-0.2, 0) is 20.7 Å². The van der Waals surface area contributed by atoms with Crippen LogP contribution in [0.1, 0.15) is 71.4 Å². The van der Waals surface area contributed by atoms with Gasteiger partial charge in [0.1, 0.15) is 17.4 Å². The molecule has 0 aliphatic carbocycles. The largest absolute Gasteiger partial charge is 0.493 e. The topological polar surface area (TPSA) is 89.5 Å². The zero-order chi connectivity index (χ0) is 24.9. The first-order valence-electron chi connectivity index (χ1n) is 11.7. The van der Waals surface area contributed by atoms with Crippen molar-refractivity contribution in [3.8, 4) is 5.75 Å². The predicted octanol–water partition coefficient (Wildman–Crippen LogP) is 4.54. The predicted molar refractivity (Wildman–Crippen MR) is 131 cm³/mol. The fourth-order valence-electron chi connectivity index (χ4n) is 2.76. The minimum atomic E-state index is -0.873. The fourth-order valence-corrected chi connectivity index (χ4v) is 2.76. The number of hydrazone groups is 1. The van der Waals surface area contributed by atoms with Crippen molar-refractivity contribution in [1.82, 2.24) is 10.3 Å². The highest BCUT2D eigenvalue weighted by atomic mass is 16.6. The van der Waals surface area contributed by atoms with Gasteiger partial charge < -0.3 is 24.5 Å². The Morgan fingerprint density at radius 1 is 1.12 bits per heavy atom. The van der Waals surface area contributed by atoms with Crippen molar-refractivity contribution in [3.05, 3.63) is 29.3 Å². The number of hydrogen-bond acceptors (Lipinski definition) is 7. The van der Waals surface area contributed by atoms with Crippen LogP contribution in [0.4, 0.5) is 4.79 Å². The van der Waals surface area contributed by atoms with E-state index >= 15 is 0 Å². The molecule has 33 heavy (non-hydrogen) atoms. The Bertz CT molecular complexity index is 772. The van der Waals surface area contributed by atoms with Gasteiger partial charge in [-0.25, -0.2) is 9.59 Å². The number of carbonyl (C=O) groups excluding carboxylic acids is 2. The minimum absolute atomic E-state index is 0.252. The summed E-state index contributed by atoms with van der Waals surface area (Å²) in [6, 6.07) is 4.80. The van der Waals surface area contributed by atoms with Gasteiger partial charge in [0.2, 0.25) is 0 Å². The van der Waals surface area contributed by atoms with Gasteiger partial charge in [0, 0.05) is 26.1 Å². The number of nitrogens with zero attached hydrogens (tertiary/aromatic N) is 2. The number of unbranched alkanes of at least 4 members (excludes halogenated alkanes) is 2. The fraction of sp³-hybridized carbons (Fsp3) is 0.640. The van der Waals surface area contributed by atoms with Crippen molar-refractivity contribution in [2.24, 2.45) is 5.10 Å². The first kappa shape index (κ1) is 28.3. The van der Waals surface area contributed by atoms with E-state index in [1.165, 1.54) is 0 Å². The molecule has 0 fully saturated rings. The van der Waals surface area contributed by atoms with E-state index < -0.39 is 23.7 Å². The first-order chi connectivity index (χ1) is 15.6. The van der Waals surface area contributed by atoms with Crippen LogP contribution in [0.5, 0.6) is 5.75 Å². The second kappa shape index (κ2) is 14.4. The summed E-state index contributed by atoms with van der Waals surface area (Å²) in [4.78, 5) is 25.1. The van der Waals surface area contributed by atoms with Crippen LogP contribution in [-0.4, -0.2) is 62.2 Å². The van der Waals surface area contributed by atoms with Crippen molar-refractivity contribution in [3.63, 3.8) is 0 Å². The molecule has 0 saturated carbocycles. The summed E-state index contributed by atoms with van der Waals surface area (Å²) in [6.07, 6.45) is 4.98. The summed E-state index contributed by atoms with van der Waals surface area (Å²) in [5.41, 5.74) is 0.966. The number of benzene rings is 1. The molecule has 0 heterocycles. The number of rotatable bonds is 13. The van der Waals surface area contributed by atoms with Gasteiger partial charge in [-0.15, -0.1) is 0 Å². The third-order valence-corrected chi connectivity index (χ3v) is 4.41. The standard InChI is InChI=1S/C25H41N3O5/c1-8-10-14-31-22-13-12-19(16-20(22)18-26-28(6)7)17-21(23(29)32-15-11-9-2)27-24(30)33-25(3,4)5/h12-13,16,18,21H,8-11,14-15,17H2,1-7H3,(H,27,30)/b26-18+. The molecule has 0 aliphatic heterocycles. The molecule has 8 nitrogen and oxygen atoms in total. The van der Waals surface area contributed by atoms with E-state index in [-0.39, 0.29) is 6.42 Å². The lowest BCUT2D eigenvalue weighted by molar-refractivity contribution is -0.146. The molecule has 0 saturated heterocycles. The van der Waals surface area contributed by atoms with Gasteiger partial charge >= 0.3 is 12.1 Å². The third-order valence-electron chi connectivity index (χ3n) is 4.41. The number of alkyl carbamates (subject to hydrolysis) is 1. The van der Waals surface area contributed by atoms with Crippen LogP contribution < -0.4 is 10.1 Å². The molecular weight excluding hydrogens is 422 g/mol. The van der Waals surface area contributed by atoms with E-state index in [4.69, 9.17) is 14.2 Å². The second-order valence-corrected chi connectivity index (χ2v) is 9.09. The number of ether oxygens (including phenoxy) is 3. The third kappa shape index (κ3) is 12.2. The summed E-state index contributed by atoms with van der Waals surface area (Å²) in [5.74, 6) is 0.237.